The molecule has 262 valence electrons. The van der Waals surface area contributed by atoms with Gasteiger partial charge in [0.25, 0.3) is 0 Å². The fourth-order valence-corrected chi connectivity index (χ4v) is 8.58. The van der Waals surface area contributed by atoms with Gasteiger partial charge in [0.05, 0.1) is 11.1 Å². The van der Waals surface area contributed by atoms with Crippen LogP contribution in [0.2, 0.25) is 0 Å². The predicted octanol–water partition coefficient (Wildman–Crippen LogP) is 15.5. The Balaban J connectivity index is 1.07. The van der Waals surface area contributed by atoms with Gasteiger partial charge < -0.3 is 9.32 Å². The maximum atomic E-state index is 6.56. The molecule has 0 radical (unpaired) electrons. The Morgan fingerprint density at radius 1 is 0.304 bits per heavy atom. The summed E-state index contributed by atoms with van der Waals surface area (Å²) in [6, 6.07) is 76.5. The van der Waals surface area contributed by atoms with Gasteiger partial charge in [0.2, 0.25) is 0 Å². The quantitative estimate of drug-likeness (QED) is 0.160. The first-order chi connectivity index (χ1) is 27.8. The Bertz CT molecular complexity index is 3230. The molecule has 0 fully saturated rings. The zero-order valence-corrected chi connectivity index (χ0v) is 30.6. The number of fused-ring (bicyclic) bond motifs is 7. The van der Waals surface area contributed by atoms with E-state index in [4.69, 9.17) is 4.42 Å². The van der Waals surface area contributed by atoms with Crippen LogP contribution in [0.25, 0.3) is 87.6 Å². The second-order valence-electron chi connectivity index (χ2n) is 14.5. The van der Waals surface area contributed by atoms with Crippen LogP contribution >= 0.6 is 0 Å². The lowest BCUT2D eigenvalue weighted by Crippen LogP contribution is -2.10. The van der Waals surface area contributed by atoms with Gasteiger partial charge in [-0.15, -0.1) is 0 Å². The molecule has 0 atom stereocenters. The maximum absolute atomic E-state index is 6.56. The maximum Gasteiger partial charge on any atom is 0.137 e. The van der Waals surface area contributed by atoms with Crippen LogP contribution in [0.5, 0.6) is 0 Å². The van der Waals surface area contributed by atoms with E-state index in [-0.39, 0.29) is 0 Å². The molecular weight excluding hydrogens is 679 g/mol. The standard InChI is InChI=1S/C54H35NO/c1-2-13-36(14-3-1)37-25-29-42(30-26-37)55(51-23-12-24-52-54(51)50-33-39-15-4-5-16-40(39)35-53(50)56-52)43-31-27-38(28-32-43)44-18-8-9-21-47(44)49-34-41-17-6-7-19-45(41)46-20-10-11-22-48(46)49/h1-35H. The lowest BCUT2D eigenvalue weighted by molar-refractivity contribution is 0.669. The van der Waals surface area contributed by atoms with Crippen molar-refractivity contribution in [2.24, 2.45) is 0 Å². The van der Waals surface area contributed by atoms with Crippen LogP contribution in [0, 0.1) is 0 Å². The van der Waals surface area contributed by atoms with Gasteiger partial charge in [0.15, 0.2) is 0 Å². The van der Waals surface area contributed by atoms with Crippen molar-refractivity contribution in [2.75, 3.05) is 4.90 Å². The summed E-state index contributed by atoms with van der Waals surface area (Å²) in [5, 5.41) is 9.61. The van der Waals surface area contributed by atoms with Gasteiger partial charge in [-0.05, 0) is 120 Å². The molecule has 2 heteroatoms. The third kappa shape index (κ3) is 5.34. The van der Waals surface area contributed by atoms with E-state index in [1.54, 1.807) is 0 Å². The van der Waals surface area contributed by atoms with Crippen LogP contribution in [-0.2, 0) is 0 Å². The summed E-state index contributed by atoms with van der Waals surface area (Å²) in [5.41, 5.74) is 12.2. The Morgan fingerprint density at radius 3 is 1.62 bits per heavy atom. The minimum Gasteiger partial charge on any atom is -0.456 e. The number of furan rings is 1. The molecule has 1 heterocycles. The molecule has 0 saturated carbocycles. The lowest BCUT2D eigenvalue weighted by Gasteiger charge is -2.27. The van der Waals surface area contributed by atoms with Crippen molar-refractivity contribution < 1.29 is 4.42 Å². The molecule has 0 aliphatic rings. The van der Waals surface area contributed by atoms with E-state index in [9.17, 15) is 0 Å². The summed E-state index contributed by atoms with van der Waals surface area (Å²) in [7, 11) is 0. The summed E-state index contributed by atoms with van der Waals surface area (Å²) >= 11 is 0. The van der Waals surface area contributed by atoms with Crippen molar-refractivity contribution in [3.63, 3.8) is 0 Å². The van der Waals surface area contributed by atoms with Gasteiger partial charge in [-0.1, -0.05) is 158 Å². The second kappa shape index (κ2) is 13.2. The molecule has 10 aromatic carbocycles. The van der Waals surface area contributed by atoms with Crippen molar-refractivity contribution in [1.82, 2.24) is 0 Å². The number of rotatable bonds is 6. The second-order valence-corrected chi connectivity index (χ2v) is 14.5. The van der Waals surface area contributed by atoms with Gasteiger partial charge in [0.1, 0.15) is 11.2 Å². The SMILES string of the molecule is c1ccc(-c2ccc(N(c3ccc(-c4ccccc4-c4cc5ccccc5c5ccccc45)cc3)c3cccc4oc5cc6ccccc6cc5c34)cc2)cc1. The highest BCUT2D eigenvalue weighted by atomic mass is 16.3. The minimum atomic E-state index is 0.867. The van der Waals surface area contributed by atoms with Gasteiger partial charge in [-0.3, -0.25) is 0 Å². The summed E-state index contributed by atoms with van der Waals surface area (Å²) in [6.07, 6.45) is 0. The van der Waals surface area contributed by atoms with E-state index in [0.717, 1.165) is 39.0 Å². The molecular formula is C54H35NO. The Labute approximate surface area is 325 Å². The highest BCUT2D eigenvalue weighted by molar-refractivity contribution is 6.17. The molecule has 0 spiro atoms. The van der Waals surface area contributed by atoms with Gasteiger partial charge in [0, 0.05) is 16.8 Å². The number of hydrogen-bond acceptors (Lipinski definition) is 2. The van der Waals surface area contributed by atoms with Gasteiger partial charge >= 0.3 is 0 Å². The lowest BCUT2D eigenvalue weighted by atomic mass is 9.89. The van der Waals surface area contributed by atoms with Crippen LogP contribution in [0.15, 0.2) is 217 Å². The molecule has 0 aliphatic heterocycles. The zero-order chi connectivity index (χ0) is 37.0. The van der Waals surface area contributed by atoms with Crippen LogP contribution < -0.4 is 4.90 Å². The summed E-state index contributed by atoms with van der Waals surface area (Å²) in [4.78, 5) is 2.37. The van der Waals surface area contributed by atoms with E-state index < -0.39 is 0 Å². The fourth-order valence-electron chi connectivity index (χ4n) is 8.58. The average molecular weight is 714 g/mol. The summed E-state index contributed by atoms with van der Waals surface area (Å²) < 4.78 is 6.56. The molecule has 11 aromatic rings. The highest BCUT2D eigenvalue weighted by Crippen LogP contribution is 2.45. The number of anilines is 3. The Morgan fingerprint density at radius 2 is 0.875 bits per heavy atom. The van der Waals surface area contributed by atoms with E-state index in [2.05, 4.69) is 217 Å². The van der Waals surface area contributed by atoms with Gasteiger partial charge in [-0.25, -0.2) is 0 Å². The molecule has 0 aliphatic carbocycles. The van der Waals surface area contributed by atoms with Crippen molar-refractivity contribution in [3.05, 3.63) is 212 Å². The number of hydrogen-bond donors (Lipinski definition) is 0. The topological polar surface area (TPSA) is 16.4 Å². The first kappa shape index (κ1) is 32.0. The van der Waals surface area contributed by atoms with E-state index in [0.29, 0.717) is 0 Å². The normalized spacial score (nSPS) is 11.6. The number of benzene rings is 10. The van der Waals surface area contributed by atoms with Crippen LogP contribution in [-0.4, -0.2) is 0 Å². The third-order valence-corrected chi connectivity index (χ3v) is 11.2. The Hall–Kier alpha value is -7.42. The fraction of sp³-hybridized carbons (Fsp3) is 0. The largest absolute Gasteiger partial charge is 0.456 e. The zero-order valence-electron chi connectivity index (χ0n) is 30.6. The van der Waals surface area contributed by atoms with Gasteiger partial charge in [-0.2, -0.15) is 0 Å². The summed E-state index contributed by atoms with van der Waals surface area (Å²) in [5.74, 6) is 0. The van der Waals surface area contributed by atoms with E-state index >= 15 is 0 Å². The van der Waals surface area contributed by atoms with Crippen LogP contribution in [0.1, 0.15) is 0 Å². The van der Waals surface area contributed by atoms with Crippen molar-refractivity contribution >= 4 is 71.3 Å². The minimum absolute atomic E-state index is 0.867. The molecule has 0 saturated heterocycles. The van der Waals surface area contributed by atoms with E-state index in [1.807, 2.05) is 0 Å². The van der Waals surface area contributed by atoms with Crippen LogP contribution in [0.4, 0.5) is 17.1 Å². The average Bonchev–Trinajstić information content (AvgIpc) is 3.64. The monoisotopic (exact) mass is 713 g/mol. The Kier molecular flexibility index (Phi) is 7.53. The smallest absolute Gasteiger partial charge is 0.137 e. The predicted molar refractivity (Wildman–Crippen MR) is 237 cm³/mol. The van der Waals surface area contributed by atoms with E-state index in [1.165, 1.54) is 65.7 Å². The molecule has 2 nitrogen and oxygen atoms in total. The molecule has 56 heavy (non-hydrogen) atoms. The molecule has 0 amide bonds. The third-order valence-electron chi connectivity index (χ3n) is 11.2. The molecule has 0 bridgehead atoms. The molecule has 0 unspecified atom stereocenters. The number of nitrogens with zero attached hydrogens (tertiary/aromatic N) is 1. The summed E-state index contributed by atoms with van der Waals surface area (Å²) in [6.45, 7) is 0. The van der Waals surface area contributed by atoms with Crippen LogP contribution in [0.3, 0.4) is 0 Å². The van der Waals surface area contributed by atoms with Crippen molar-refractivity contribution in [2.45, 2.75) is 0 Å². The molecule has 11 rings (SSSR count). The molecule has 1 aromatic heterocycles. The first-order valence-corrected chi connectivity index (χ1v) is 19.2. The first-order valence-electron chi connectivity index (χ1n) is 19.2. The van der Waals surface area contributed by atoms with Crippen molar-refractivity contribution in [1.29, 1.82) is 0 Å². The van der Waals surface area contributed by atoms with Crippen molar-refractivity contribution in [3.8, 4) is 33.4 Å². The highest BCUT2D eigenvalue weighted by Gasteiger charge is 2.21. The molecule has 0 N–H and O–H groups in total.